The van der Waals surface area contributed by atoms with Crippen molar-refractivity contribution < 1.29 is 4.42 Å². The highest BCUT2D eigenvalue weighted by atomic mass is 16.3. The monoisotopic (exact) mass is 987 g/mol. The molecule has 1 nitrogen and oxygen atoms in total. The summed E-state index contributed by atoms with van der Waals surface area (Å²) in [6.45, 7) is 4.92. The fraction of sp³-hybridized carbons (Fsp3) is 0.0400. The maximum Gasteiger partial charge on any atom is 0.143 e. The lowest BCUT2D eigenvalue weighted by molar-refractivity contribution is 0.675. The van der Waals surface area contributed by atoms with Crippen molar-refractivity contribution in [2.75, 3.05) is 0 Å². The molecule has 352 valence electrons. The highest BCUT2D eigenvalue weighted by Crippen LogP contribution is 2.47. The molecule has 1 aromatic heterocycles. The Morgan fingerprint density at radius 2 is 0.405 bits per heavy atom. The molecular formula is C50H62B28O. The van der Waals surface area contributed by atoms with E-state index in [0.29, 0.717) is 0 Å². The van der Waals surface area contributed by atoms with Crippen LogP contribution in [0.1, 0.15) is 11.1 Å². The molecule has 29 heteroatoms. The fourth-order valence-electron chi connectivity index (χ4n) is 15.8. The van der Waals surface area contributed by atoms with Gasteiger partial charge in [-0.1, -0.05) is 104 Å². The van der Waals surface area contributed by atoms with Crippen LogP contribution in [0.25, 0.3) is 98.8 Å². The summed E-state index contributed by atoms with van der Waals surface area (Å²) in [4.78, 5) is 0. The number of hydrogen-bond donors (Lipinski definition) is 0. The SMILES string of the molecule is Bc1c(B)c(B)c(-c2c(B)c(B)c(B)c(-c3c(B)c(B)c4c(-c5c(B)c(B)c6c(B)c(B)c(B)c(B)c6c5B)c5c(B)c(B)c(B)c(B)c5c(-c5c(C)c(B)c(B)c6oc7c(B)c(B)c(B)c(B)c7c56)c4c3C)c2B)c(B)c1B. The van der Waals surface area contributed by atoms with Crippen molar-refractivity contribution in [3.05, 3.63) is 11.1 Å². The minimum Gasteiger partial charge on any atom is -0.457 e. The summed E-state index contributed by atoms with van der Waals surface area (Å²) in [6.07, 6.45) is 0. The molecule has 0 aliphatic rings. The summed E-state index contributed by atoms with van der Waals surface area (Å²) in [5.74, 6) is 0. The largest absolute Gasteiger partial charge is 0.457 e. The van der Waals surface area contributed by atoms with Gasteiger partial charge in [0.25, 0.3) is 0 Å². The second-order valence-corrected chi connectivity index (χ2v) is 25.5. The van der Waals surface area contributed by atoms with Crippen LogP contribution in [0.2, 0.25) is 0 Å². The van der Waals surface area contributed by atoms with Gasteiger partial charge in [-0.25, -0.2) is 0 Å². The Bertz CT molecular complexity index is 4570. The third-order valence-electron chi connectivity index (χ3n) is 22.8. The topological polar surface area (TPSA) is 13.1 Å². The van der Waals surface area contributed by atoms with Crippen molar-refractivity contribution in [1.82, 2.24) is 0 Å². The van der Waals surface area contributed by atoms with E-state index in [2.05, 4.69) is 234 Å². The van der Waals surface area contributed by atoms with E-state index in [0.717, 1.165) is 11.2 Å². The first kappa shape index (κ1) is 57.6. The van der Waals surface area contributed by atoms with E-state index < -0.39 is 0 Å². The molecular weight excluding hydrogens is 919 g/mol. The van der Waals surface area contributed by atoms with E-state index in [1.807, 2.05) is 0 Å². The van der Waals surface area contributed by atoms with Crippen molar-refractivity contribution >= 4 is 427 Å². The summed E-state index contributed by atoms with van der Waals surface area (Å²) in [6, 6.07) is 0. The van der Waals surface area contributed by atoms with Gasteiger partial charge < -0.3 is 4.42 Å². The Morgan fingerprint density at radius 3 is 0.886 bits per heavy atom. The standard InChI is InChI=1S/C50H62B28O/c1-3-5-8(6-4(2)21(51)47(77)49-13(6)20-36(66)44(74)46(76)48(78)50(20)79-49)11-12(27(57)39(69)38(68)26(11)56)9(15-23(53)16-18(29(59)28(15)58)33(63)41(71)40(70)32(16)62)10(5)25(55)24(54)7(3)14-22(52)17(31(61)37(67)30(14)60)19-34(64)42(72)45(75)43(73)35(19)65/h51-78H2,1-2H3. The lowest BCUT2D eigenvalue weighted by Gasteiger charge is -2.33. The van der Waals surface area contributed by atoms with Crippen molar-refractivity contribution in [3.8, 4) is 44.5 Å². The number of rotatable bonds is 4. The number of furan rings is 1. The maximum atomic E-state index is 7.39. The Hall–Kier alpha value is -4.62. The summed E-state index contributed by atoms with van der Waals surface area (Å²) >= 11 is 0. The van der Waals surface area contributed by atoms with Gasteiger partial charge in [0, 0.05) is 10.8 Å². The van der Waals surface area contributed by atoms with Gasteiger partial charge in [-0.3, -0.25) is 0 Å². The molecule has 0 saturated carbocycles. The molecule has 9 aromatic carbocycles. The van der Waals surface area contributed by atoms with E-state index in [9.17, 15) is 0 Å². The van der Waals surface area contributed by atoms with E-state index in [1.54, 1.807) is 0 Å². The first-order valence-electron chi connectivity index (χ1n) is 29.4. The fourth-order valence-corrected chi connectivity index (χ4v) is 15.8. The van der Waals surface area contributed by atoms with Gasteiger partial charge in [0.15, 0.2) is 0 Å². The molecule has 0 fully saturated rings. The van der Waals surface area contributed by atoms with Crippen LogP contribution in [0.5, 0.6) is 0 Å². The predicted molar refractivity (Wildman–Crippen MR) is 446 cm³/mol. The van der Waals surface area contributed by atoms with Gasteiger partial charge in [-0.05, 0) is 102 Å². The molecule has 0 spiro atoms. The molecule has 0 N–H and O–H groups in total. The number of fused-ring (bicyclic) bond motifs is 6. The Morgan fingerprint density at radius 1 is 0.152 bits per heavy atom. The van der Waals surface area contributed by atoms with Crippen LogP contribution in [0.3, 0.4) is 0 Å². The lowest BCUT2D eigenvalue weighted by atomic mass is 9.55. The van der Waals surface area contributed by atoms with Gasteiger partial charge >= 0.3 is 0 Å². The minimum absolute atomic E-state index is 1.02. The molecule has 10 aromatic rings. The van der Waals surface area contributed by atoms with Crippen LogP contribution in [0.4, 0.5) is 0 Å². The van der Waals surface area contributed by atoms with Gasteiger partial charge in [-0.2, -0.15) is 0 Å². The molecule has 0 aliphatic carbocycles. The van der Waals surface area contributed by atoms with Crippen LogP contribution in [-0.2, 0) is 0 Å². The smallest absolute Gasteiger partial charge is 0.143 e. The summed E-state index contributed by atoms with van der Waals surface area (Å²) in [5.41, 5.74) is 53.9. The zero-order chi connectivity index (χ0) is 58.4. The zero-order valence-corrected chi connectivity index (χ0v) is 54.4. The molecule has 0 radical (unpaired) electrons. The van der Waals surface area contributed by atoms with Gasteiger partial charge in [0.1, 0.15) is 231 Å². The van der Waals surface area contributed by atoms with Crippen molar-refractivity contribution in [3.63, 3.8) is 0 Å². The third kappa shape index (κ3) is 7.49. The lowest BCUT2D eigenvalue weighted by Crippen LogP contribution is -2.57. The molecule has 0 bridgehead atoms. The number of benzene rings is 9. The normalized spacial score (nSPS) is 11.8. The first-order chi connectivity index (χ1) is 36.8. The van der Waals surface area contributed by atoms with Gasteiger partial charge in [0.2, 0.25) is 0 Å². The van der Waals surface area contributed by atoms with Crippen LogP contribution < -0.4 is 153 Å². The average Bonchev–Trinajstić information content (AvgIpc) is 3.40. The maximum absolute atomic E-state index is 7.39. The van der Waals surface area contributed by atoms with Crippen molar-refractivity contribution in [2.45, 2.75) is 13.8 Å². The molecule has 0 amide bonds. The quantitative estimate of drug-likeness (QED) is 0.127. The molecule has 1 heterocycles. The predicted octanol–water partition coefficient (Wildman–Crippen LogP) is -34.4. The van der Waals surface area contributed by atoms with Crippen LogP contribution in [-0.4, -0.2) is 220 Å². The van der Waals surface area contributed by atoms with E-state index in [4.69, 9.17) is 4.42 Å². The van der Waals surface area contributed by atoms with E-state index in [1.165, 1.54) is 252 Å². The van der Waals surface area contributed by atoms with Crippen LogP contribution in [0.15, 0.2) is 4.42 Å². The Labute approximate surface area is 497 Å². The second-order valence-electron chi connectivity index (χ2n) is 25.5. The highest BCUT2D eigenvalue weighted by molar-refractivity contribution is 6.76. The van der Waals surface area contributed by atoms with Gasteiger partial charge in [0.05, 0.1) is 0 Å². The first-order valence-corrected chi connectivity index (χ1v) is 29.4. The molecule has 0 unspecified atom stereocenters. The summed E-state index contributed by atoms with van der Waals surface area (Å²) < 4.78 is 7.39. The molecule has 0 atom stereocenters. The van der Waals surface area contributed by atoms with Crippen LogP contribution >= 0.6 is 0 Å². The number of hydrogen-bond acceptors (Lipinski definition) is 1. The average molecular weight is 982 g/mol. The van der Waals surface area contributed by atoms with E-state index in [-0.39, 0.29) is 0 Å². The second kappa shape index (κ2) is 19.5. The summed E-state index contributed by atoms with van der Waals surface area (Å²) in [7, 11) is 66.4. The molecule has 10 rings (SSSR count). The molecule has 79 heavy (non-hydrogen) atoms. The molecule has 0 aliphatic heterocycles. The Balaban J connectivity index is 1.60. The third-order valence-corrected chi connectivity index (χ3v) is 22.8. The highest BCUT2D eigenvalue weighted by Gasteiger charge is 2.33. The molecule has 0 saturated heterocycles. The minimum atomic E-state index is 1.02. The Kier molecular flexibility index (Phi) is 14.2. The van der Waals surface area contributed by atoms with E-state index >= 15 is 0 Å². The number of aryl methyl sites for hydroxylation is 1. The van der Waals surface area contributed by atoms with Gasteiger partial charge in [-0.15, -0.1) is 49.2 Å². The zero-order valence-electron chi connectivity index (χ0n) is 54.4. The van der Waals surface area contributed by atoms with Crippen molar-refractivity contribution in [1.29, 1.82) is 0 Å². The van der Waals surface area contributed by atoms with Crippen LogP contribution in [0, 0.1) is 13.8 Å². The van der Waals surface area contributed by atoms with Crippen molar-refractivity contribution in [2.24, 2.45) is 0 Å². The summed E-state index contributed by atoms with van der Waals surface area (Å²) in [5, 5.41) is 10.9.